The van der Waals surface area contributed by atoms with E-state index in [1.807, 2.05) is 39.0 Å². The van der Waals surface area contributed by atoms with Crippen LogP contribution in [0.4, 0.5) is 4.79 Å². The molecule has 0 bridgehead atoms. The first-order chi connectivity index (χ1) is 20.4. The molecule has 228 valence electrons. The Morgan fingerprint density at radius 2 is 2.02 bits per heavy atom. The Kier molecular flexibility index (Phi) is 7.21. The van der Waals surface area contributed by atoms with E-state index in [1.165, 1.54) is 0 Å². The molecule has 6 rings (SSSR count). The zero-order valence-corrected chi connectivity index (χ0v) is 25.3. The maximum atomic E-state index is 13.8. The summed E-state index contributed by atoms with van der Waals surface area (Å²) in [6.07, 6.45) is 1.03. The van der Waals surface area contributed by atoms with Crippen molar-refractivity contribution < 1.29 is 28.9 Å². The number of amides is 1. The average molecular weight is 591 g/mol. The maximum absolute atomic E-state index is 13.8. The molecular formula is C32H38N4O7. The summed E-state index contributed by atoms with van der Waals surface area (Å²) in [6, 6.07) is 7.38. The number of pyridine rings is 2. The molecule has 0 radical (unpaired) electrons. The molecule has 5 heterocycles. The van der Waals surface area contributed by atoms with Gasteiger partial charge in [-0.3, -0.25) is 4.79 Å². The van der Waals surface area contributed by atoms with E-state index in [-0.39, 0.29) is 35.8 Å². The lowest BCUT2D eigenvalue weighted by Gasteiger charge is -2.33. The summed E-state index contributed by atoms with van der Waals surface area (Å²) in [5, 5.41) is 15.7. The van der Waals surface area contributed by atoms with Crippen LogP contribution in [0.15, 0.2) is 29.1 Å². The SMILES string of the molecule is CCc1c2c(nc3ccc(OC)cc13)-c1cc3c(c(=O)n1C2)COC(=O)[C@]3(O)CCN1CC[C@@H](NC(=O)OC(C)(C)C)C1. The quantitative estimate of drug-likeness (QED) is 0.325. The van der Waals surface area contributed by atoms with Crippen molar-refractivity contribution in [3.63, 3.8) is 0 Å². The van der Waals surface area contributed by atoms with Gasteiger partial charge in [0.05, 0.1) is 36.1 Å². The van der Waals surface area contributed by atoms with E-state index < -0.39 is 23.3 Å². The third kappa shape index (κ3) is 5.14. The Morgan fingerprint density at radius 3 is 2.74 bits per heavy atom. The largest absolute Gasteiger partial charge is 0.497 e. The highest BCUT2D eigenvalue weighted by atomic mass is 16.6. The number of alkyl carbamates (subject to hydrolysis) is 1. The molecule has 1 fully saturated rings. The van der Waals surface area contributed by atoms with Crippen LogP contribution in [-0.4, -0.2) is 70.0 Å². The van der Waals surface area contributed by atoms with Crippen LogP contribution < -0.4 is 15.6 Å². The van der Waals surface area contributed by atoms with Gasteiger partial charge in [0.25, 0.3) is 5.56 Å². The van der Waals surface area contributed by atoms with Crippen molar-refractivity contribution in [1.82, 2.24) is 19.8 Å². The summed E-state index contributed by atoms with van der Waals surface area (Å²) in [5.41, 5.74) is 1.81. The highest BCUT2D eigenvalue weighted by Gasteiger charge is 2.47. The number of aromatic nitrogens is 2. The van der Waals surface area contributed by atoms with Gasteiger partial charge in [-0.15, -0.1) is 0 Å². The number of aliphatic hydroxyl groups is 1. The van der Waals surface area contributed by atoms with Gasteiger partial charge in [0.15, 0.2) is 5.60 Å². The monoisotopic (exact) mass is 590 g/mol. The second-order valence-electron chi connectivity index (χ2n) is 12.6. The Morgan fingerprint density at radius 1 is 1.23 bits per heavy atom. The van der Waals surface area contributed by atoms with Crippen molar-refractivity contribution in [1.29, 1.82) is 0 Å². The summed E-state index contributed by atoms with van der Waals surface area (Å²) < 4.78 is 17.9. The average Bonchev–Trinajstić information content (AvgIpc) is 3.56. The first-order valence-electron chi connectivity index (χ1n) is 14.8. The van der Waals surface area contributed by atoms with Crippen LogP contribution >= 0.6 is 0 Å². The summed E-state index contributed by atoms with van der Waals surface area (Å²) >= 11 is 0. The van der Waals surface area contributed by atoms with E-state index >= 15 is 0 Å². The molecular weight excluding hydrogens is 552 g/mol. The number of fused-ring (bicyclic) bond motifs is 5. The molecule has 2 N–H and O–H groups in total. The molecule has 2 aromatic heterocycles. The Labute approximate surface area is 249 Å². The van der Waals surface area contributed by atoms with Crippen molar-refractivity contribution in [2.75, 3.05) is 26.7 Å². The summed E-state index contributed by atoms with van der Waals surface area (Å²) in [5.74, 6) is -0.0317. The van der Waals surface area contributed by atoms with Gasteiger partial charge in [-0.1, -0.05) is 6.92 Å². The number of benzene rings is 1. The Bertz CT molecular complexity index is 1690. The number of ether oxygens (including phenoxy) is 3. The lowest BCUT2D eigenvalue weighted by molar-refractivity contribution is -0.173. The number of nitrogens with one attached hydrogen (secondary N) is 1. The van der Waals surface area contributed by atoms with Crippen molar-refractivity contribution >= 4 is 23.0 Å². The van der Waals surface area contributed by atoms with E-state index in [0.717, 1.165) is 40.6 Å². The number of carbonyl (C=O) groups is 2. The molecule has 0 saturated carbocycles. The van der Waals surface area contributed by atoms with Crippen LogP contribution in [0, 0.1) is 0 Å². The van der Waals surface area contributed by atoms with E-state index in [0.29, 0.717) is 37.6 Å². The van der Waals surface area contributed by atoms with Gasteiger partial charge in [-0.25, -0.2) is 14.6 Å². The summed E-state index contributed by atoms with van der Waals surface area (Å²) in [6.45, 7) is 9.28. The number of rotatable bonds is 6. The highest BCUT2D eigenvalue weighted by Crippen LogP contribution is 2.41. The van der Waals surface area contributed by atoms with E-state index in [4.69, 9.17) is 19.2 Å². The summed E-state index contributed by atoms with van der Waals surface area (Å²) in [7, 11) is 1.63. The minimum Gasteiger partial charge on any atom is -0.497 e. The topological polar surface area (TPSA) is 132 Å². The van der Waals surface area contributed by atoms with Gasteiger partial charge in [0.1, 0.15) is 18.0 Å². The van der Waals surface area contributed by atoms with Crippen molar-refractivity contribution in [2.45, 2.75) is 77.4 Å². The fourth-order valence-electron chi connectivity index (χ4n) is 6.52. The Hall–Kier alpha value is -3.96. The minimum absolute atomic E-state index is 0.0406. The smallest absolute Gasteiger partial charge is 0.407 e. The summed E-state index contributed by atoms with van der Waals surface area (Å²) in [4.78, 5) is 46.2. The first kappa shape index (κ1) is 29.1. The minimum atomic E-state index is -1.99. The molecule has 11 heteroatoms. The molecule has 43 heavy (non-hydrogen) atoms. The van der Waals surface area contributed by atoms with Crippen molar-refractivity contribution in [3.05, 3.63) is 56.9 Å². The normalized spacial score (nSPS) is 21.3. The second-order valence-corrected chi connectivity index (χ2v) is 12.6. The lowest BCUT2D eigenvalue weighted by Crippen LogP contribution is -2.47. The maximum Gasteiger partial charge on any atom is 0.407 e. The number of hydrogen-bond acceptors (Lipinski definition) is 9. The molecule has 1 saturated heterocycles. The molecule has 1 amide bonds. The first-order valence-corrected chi connectivity index (χ1v) is 14.8. The van der Waals surface area contributed by atoms with E-state index in [9.17, 15) is 19.5 Å². The molecule has 0 spiro atoms. The lowest BCUT2D eigenvalue weighted by atomic mass is 9.85. The zero-order chi connectivity index (χ0) is 30.7. The van der Waals surface area contributed by atoms with Crippen LogP contribution in [0.3, 0.4) is 0 Å². The van der Waals surface area contributed by atoms with Crippen molar-refractivity contribution in [2.24, 2.45) is 0 Å². The van der Waals surface area contributed by atoms with E-state index in [2.05, 4.69) is 17.1 Å². The molecule has 0 aliphatic carbocycles. The predicted octanol–water partition coefficient (Wildman–Crippen LogP) is 3.23. The van der Waals surface area contributed by atoms with E-state index in [1.54, 1.807) is 17.7 Å². The van der Waals surface area contributed by atoms with Gasteiger partial charge in [0.2, 0.25) is 0 Å². The van der Waals surface area contributed by atoms with Gasteiger partial charge in [0, 0.05) is 48.6 Å². The standard InChI is InChI=1S/C32H38N4O7/c1-6-20-21-13-19(41-5)7-8-25(21)34-27-22(20)16-36-26(27)14-24-23(28(36)37)17-42-29(38)32(24,40)10-12-35-11-9-18(15-35)33-30(39)43-31(2,3)4/h7-8,13-14,18,40H,6,9-12,15-17H2,1-5H3,(H,33,39)/t18-,32+/m1/s1. The van der Waals surface area contributed by atoms with Crippen LogP contribution in [0.2, 0.25) is 0 Å². The second kappa shape index (κ2) is 10.6. The zero-order valence-electron chi connectivity index (χ0n) is 25.3. The fraction of sp³-hybridized carbons (Fsp3) is 0.500. The van der Waals surface area contributed by atoms with Crippen LogP contribution in [-0.2, 0) is 39.4 Å². The number of cyclic esters (lactones) is 1. The number of hydrogen-bond donors (Lipinski definition) is 2. The number of methoxy groups -OCH3 is 1. The Balaban J connectivity index is 1.29. The molecule has 1 aromatic carbocycles. The number of carbonyl (C=O) groups excluding carboxylic acids is 2. The number of likely N-dealkylation sites (tertiary alicyclic amines) is 1. The van der Waals surface area contributed by atoms with Gasteiger partial charge in [-0.2, -0.15) is 0 Å². The van der Waals surface area contributed by atoms with Gasteiger partial charge >= 0.3 is 12.1 Å². The van der Waals surface area contributed by atoms with Crippen molar-refractivity contribution in [3.8, 4) is 17.1 Å². The number of aryl methyl sites for hydroxylation is 1. The molecule has 3 aliphatic heterocycles. The number of esters is 1. The van der Waals surface area contributed by atoms with Crippen LogP contribution in [0.5, 0.6) is 5.75 Å². The number of nitrogens with zero attached hydrogens (tertiary/aromatic N) is 3. The van der Waals surface area contributed by atoms with Crippen LogP contribution in [0.25, 0.3) is 22.3 Å². The van der Waals surface area contributed by atoms with Crippen LogP contribution in [0.1, 0.15) is 62.8 Å². The molecule has 3 aromatic rings. The predicted molar refractivity (Wildman–Crippen MR) is 159 cm³/mol. The fourth-order valence-corrected chi connectivity index (χ4v) is 6.52. The van der Waals surface area contributed by atoms with Gasteiger partial charge < -0.3 is 34.1 Å². The molecule has 11 nitrogen and oxygen atoms in total. The third-order valence-electron chi connectivity index (χ3n) is 8.64. The molecule has 3 aliphatic rings. The molecule has 2 atom stereocenters. The molecule has 0 unspecified atom stereocenters. The third-order valence-corrected chi connectivity index (χ3v) is 8.64. The van der Waals surface area contributed by atoms with Gasteiger partial charge in [-0.05, 0) is 63.4 Å². The highest BCUT2D eigenvalue weighted by molar-refractivity contribution is 5.90.